The van der Waals surface area contributed by atoms with Crippen molar-refractivity contribution in [1.82, 2.24) is 4.98 Å². The fraction of sp³-hybridized carbons (Fsp3) is 0. The van der Waals surface area contributed by atoms with Crippen LogP contribution in [0.5, 0.6) is 0 Å². The minimum absolute atomic E-state index is 0.851. The van der Waals surface area contributed by atoms with Crippen LogP contribution in [0.25, 0.3) is 10.8 Å². The number of nitrogens with zero attached hydrogens (tertiary/aromatic N) is 1. The maximum absolute atomic E-state index is 5.36. The summed E-state index contributed by atoms with van der Waals surface area (Å²) in [5.74, 6) is 0.851. The second-order valence-electron chi connectivity index (χ2n) is 1.94. The summed E-state index contributed by atoms with van der Waals surface area (Å²) < 4.78 is 6.26. The molecule has 0 bridgehead atoms. The van der Waals surface area contributed by atoms with Gasteiger partial charge in [0.15, 0.2) is 14.5 Å². The Kier molecular flexibility index (Phi) is 1.95. The van der Waals surface area contributed by atoms with Crippen molar-refractivity contribution in [3.63, 3.8) is 0 Å². The molecule has 2 rings (SSSR count). The van der Waals surface area contributed by atoms with E-state index in [0.717, 1.165) is 14.5 Å². The quantitative estimate of drug-likeness (QED) is 0.749. The van der Waals surface area contributed by atoms with Crippen LogP contribution in [0.1, 0.15) is 0 Å². The van der Waals surface area contributed by atoms with Crippen LogP contribution in [0.2, 0.25) is 0 Å². The minimum atomic E-state index is 0.851. The molecule has 11 heavy (non-hydrogen) atoms. The zero-order chi connectivity index (χ0) is 7.68. The van der Waals surface area contributed by atoms with Gasteiger partial charge >= 0.3 is 0 Å². The lowest BCUT2D eigenvalue weighted by Crippen LogP contribution is -1.66. The van der Waals surface area contributed by atoms with Crippen molar-refractivity contribution in [2.45, 2.75) is 0 Å². The van der Waals surface area contributed by atoms with Crippen LogP contribution < -0.4 is 0 Å². The summed E-state index contributed by atoms with van der Waals surface area (Å²) >= 11 is 3.72. The molecule has 0 amide bonds. The third kappa shape index (κ3) is 1.46. The number of halogens is 1. The summed E-state index contributed by atoms with van der Waals surface area (Å²) in [6.07, 6.45) is 1.77. The first-order chi connectivity index (χ1) is 5.36. The van der Waals surface area contributed by atoms with E-state index in [1.165, 1.54) is 0 Å². The zero-order valence-electron chi connectivity index (χ0n) is 5.45. The van der Waals surface area contributed by atoms with E-state index in [-0.39, 0.29) is 0 Å². The van der Waals surface area contributed by atoms with Crippen LogP contribution in [0, 0.1) is 3.77 Å². The molecule has 2 aromatic rings. The second kappa shape index (κ2) is 2.94. The van der Waals surface area contributed by atoms with E-state index in [1.54, 1.807) is 17.5 Å². The minimum Gasteiger partial charge on any atom is -0.448 e. The molecular weight excluding hydrogens is 273 g/mol. The van der Waals surface area contributed by atoms with E-state index in [1.807, 2.05) is 17.5 Å². The Balaban J connectivity index is 2.45. The number of rotatable bonds is 1. The van der Waals surface area contributed by atoms with Crippen molar-refractivity contribution in [3.05, 3.63) is 27.5 Å². The molecule has 0 N–H and O–H groups in total. The van der Waals surface area contributed by atoms with Gasteiger partial charge < -0.3 is 4.42 Å². The van der Waals surface area contributed by atoms with Gasteiger partial charge in [-0.2, -0.15) is 0 Å². The number of furan rings is 1. The Morgan fingerprint density at radius 2 is 2.36 bits per heavy atom. The Morgan fingerprint density at radius 1 is 1.45 bits per heavy atom. The van der Waals surface area contributed by atoms with Crippen molar-refractivity contribution in [2.75, 3.05) is 0 Å². The summed E-state index contributed by atoms with van der Waals surface area (Å²) in [6, 6.07) is 3.86. The molecule has 0 spiro atoms. The molecule has 0 saturated carbocycles. The van der Waals surface area contributed by atoms with Crippen LogP contribution in [-0.2, 0) is 0 Å². The van der Waals surface area contributed by atoms with Crippen LogP contribution >= 0.6 is 33.9 Å². The smallest absolute Gasteiger partial charge is 0.164 e. The Bertz CT molecular complexity index is 341. The normalized spacial score (nSPS) is 10.3. The largest absolute Gasteiger partial charge is 0.448 e. The molecule has 0 atom stereocenters. The fourth-order valence-electron chi connectivity index (χ4n) is 0.774. The SMILES string of the molecule is Ic1ccc(-c2nccs2)o1. The van der Waals surface area contributed by atoms with Gasteiger partial charge in [-0.05, 0) is 34.7 Å². The zero-order valence-corrected chi connectivity index (χ0v) is 8.43. The highest BCUT2D eigenvalue weighted by Crippen LogP contribution is 2.24. The number of thiazole rings is 1. The monoisotopic (exact) mass is 277 g/mol. The van der Waals surface area contributed by atoms with Crippen LogP contribution in [0.15, 0.2) is 28.1 Å². The topological polar surface area (TPSA) is 26.0 Å². The average molecular weight is 277 g/mol. The summed E-state index contributed by atoms with van der Waals surface area (Å²) in [7, 11) is 0. The highest BCUT2D eigenvalue weighted by molar-refractivity contribution is 14.1. The summed E-state index contributed by atoms with van der Waals surface area (Å²) in [4.78, 5) is 4.12. The van der Waals surface area contributed by atoms with Gasteiger partial charge in [0, 0.05) is 11.6 Å². The van der Waals surface area contributed by atoms with Crippen molar-refractivity contribution < 1.29 is 4.42 Å². The van der Waals surface area contributed by atoms with Crippen LogP contribution in [-0.4, -0.2) is 4.98 Å². The van der Waals surface area contributed by atoms with Gasteiger partial charge in [0.25, 0.3) is 0 Å². The summed E-state index contributed by atoms with van der Waals surface area (Å²) in [5, 5.41) is 2.87. The predicted molar refractivity (Wildman–Crippen MR) is 52.5 cm³/mol. The first kappa shape index (κ1) is 7.30. The van der Waals surface area contributed by atoms with Gasteiger partial charge in [-0.15, -0.1) is 11.3 Å². The Labute approximate surface area is 81.4 Å². The van der Waals surface area contributed by atoms with Gasteiger partial charge in [0.05, 0.1) is 0 Å². The lowest BCUT2D eigenvalue weighted by Gasteiger charge is -1.85. The predicted octanol–water partition coefficient (Wildman–Crippen LogP) is 3.01. The van der Waals surface area contributed by atoms with Crippen molar-refractivity contribution in [1.29, 1.82) is 0 Å². The molecule has 2 nitrogen and oxygen atoms in total. The van der Waals surface area contributed by atoms with Gasteiger partial charge in [-0.3, -0.25) is 0 Å². The van der Waals surface area contributed by atoms with Crippen molar-refractivity contribution in [2.24, 2.45) is 0 Å². The molecule has 0 unspecified atom stereocenters. The fourth-order valence-corrected chi connectivity index (χ4v) is 1.79. The third-order valence-electron chi connectivity index (χ3n) is 1.22. The van der Waals surface area contributed by atoms with Crippen LogP contribution in [0.3, 0.4) is 0 Å². The molecule has 0 radical (unpaired) electrons. The van der Waals surface area contributed by atoms with Gasteiger partial charge in [-0.1, -0.05) is 0 Å². The number of hydrogen-bond acceptors (Lipinski definition) is 3. The summed E-state index contributed by atoms with van der Waals surface area (Å²) in [5.41, 5.74) is 0. The lowest BCUT2D eigenvalue weighted by molar-refractivity contribution is 0.552. The first-order valence-electron chi connectivity index (χ1n) is 3.01. The molecule has 4 heteroatoms. The molecule has 0 saturated heterocycles. The highest BCUT2D eigenvalue weighted by atomic mass is 127. The van der Waals surface area contributed by atoms with Crippen molar-refractivity contribution in [3.8, 4) is 10.8 Å². The maximum atomic E-state index is 5.36. The molecular formula is C7H4INOS. The van der Waals surface area contributed by atoms with E-state index in [9.17, 15) is 0 Å². The molecule has 0 fully saturated rings. The number of aromatic nitrogens is 1. The molecule has 2 heterocycles. The number of hydrogen-bond donors (Lipinski definition) is 0. The average Bonchev–Trinajstić information content (AvgIpc) is 2.55. The molecule has 0 aliphatic heterocycles. The molecule has 0 aromatic carbocycles. The van der Waals surface area contributed by atoms with Gasteiger partial charge in [-0.25, -0.2) is 4.98 Å². The summed E-state index contributed by atoms with van der Waals surface area (Å²) in [6.45, 7) is 0. The standard InChI is InChI=1S/C7H4INOS/c8-6-2-1-5(10-6)7-9-3-4-11-7/h1-4H. The van der Waals surface area contributed by atoms with Crippen molar-refractivity contribution >= 4 is 33.9 Å². The van der Waals surface area contributed by atoms with E-state index in [0.29, 0.717) is 0 Å². The van der Waals surface area contributed by atoms with Crippen LogP contribution in [0.4, 0.5) is 0 Å². The van der Waals surface area contributed by atoms with Gasteiger partial charge in [0.1, 0.15) is 0 Å². The van der Waals surface area contributed by atoms with E-state index in [4.69, 9.17) is 4.42 Å². The molecule has 0 aliphatic rings. The Morgan fingerprint density at radius 3 is 2.91 bits per heavy atom. The lowest BCUT2D eigenvalue weighted by atomic mass is 10.5. The molecule has 0 aliphatic carbocycles. The van der Waals surface area contributed by atoms with E-state index < -0.39 is 0 Å². The highest BCUT2D eigenvalue weighted by Gasteiger charge is 2.03. The maximum Gasteiger partial charge on any atom is 0.164 e. The Hall–Kier alpha value is -0.360. The molecule has 2 aromatic heterocycles. The second-order valence-corrected chi connectivity index (χ2v) is 3.90. The first-order valence-corrected chi connectivity index (χ1v) is 4.97. The van der Waals surface area contributed by atoms with Gasteiger partial charge in [0.2, 0.25) is 0 Å². The van der Waals surface area contributed by atoms with E-state index in [2.05, 4.69) is 27.6 Å². The van der Waals surface area contributed by atoms with E-state index >= 15 is 0 Å². The molecule has 56 valence electrons. The third-order valence-corrected chi connectivity index (χ3v) is 2.58.